The second-order valence-corrected chi connectivity index (χ2v) is 4.96. The van der Waals surface area contributed by atoms with Crippen molar-refractivity contribution in [2.75, 3.05) is 0 Å². The third-order valence-electron chi connectivity index (χ3n) is 3.17. The molecule has 2 heteroatoms. The minimum Gasteiger partial charge on any atom is -0.474 e. The Morgan fingerprint density at radius 2 is 2.06 bits per heavy atom. The van der Waals surface area contributed by atoms with Crippen molar-refractivity contribution < 1.29 is 4.74 Å². The maximum absolute atomic E-state index is 6.02. The predicted octanol–water partition coefficient (Wildman–Crippen LogP) is 4.42. The highest BCUT2D eigenvalue weighted by Crippen LogP contribution is 2.28. The number of aryl methyl sites for hydroxylation is 2. The topological polar surface area (TPSA) is 22.1 Å². The summed E-state index contributed by atoms with van der Waals surface area (Å²) in [5.74, 6) is 0.782. The first kappa shape index (κ1) is 12.9. The first-order chi connectivity index (χ1) is 8.61. The number of hydrogen-bond donors (Lipinski definition) is 0. The van der Waals surface area contributed by atoms with Crippen LogP contribution in [-0.4, -0.2) is 11.1 Å². The fraction of sp³-hybridized carbons (Fsp3) is 0.438. The van der Waals surface area contributed by atoms with E-state index in [9.17, 15) is 0 Å². The molecule has 0 saturated carbocycles. The number of rotatable bonds is 4. The molecule has 2 rings (SSSR count). The van der Waals surface area contributed by atoms with Crippen molar-refractivity contribution in [2.45, 2.75) is 46.6 Å². The molecule has 1 heterocycles. The van der Waals surface area contributed by atoms with Crippen LogP contribution >= 0.6 is 0 Å². The molecule has 0 fully saturated rings. The number of pyridine rings is 1. The van der Waals surface area contributed by atoms with E-state index in [-0.39, 0.29) is 6.10 Å². The quantitative estimate of drug-likeness (QED) is 0.793. The minimum absolute atomic E-state index is 0.215. The molecule has 0 radical (unpaired) electrons. The highest BCUT2D eigenvalue weighted by Gasteiger charge is 2.11. The van der Waals surface area contributed by atoms with Gasteiger partial charge in [-0.15, -0.1) is 0 Å². The molecule has 1 aromatic carbocycles. The van der Waals surface area contributed by atoms with Crippen LogP contribution in [0.25, 0.3) is 10.8 Å². The highest BCUT2D eigenvalue weighted by molar-refractivity contribution is 5.90. The highest BCUT2D eigenvalue weighted by atomic mass is 16.5. The van der Waals surface area contributed by atoms with E-state index in [1.165, 1.54) is 10.9 Å². The van der Waals surface area contributed by atoms with Crippen LogP contribution in [0.2, 0.25) is 0 Å². The van der Waals surface area contributed by atoms with Crippen molar-refractivity contribution >= 4 is 10.8 Å². The number of hydrogen-bond acceptors (Lipinski definition) is 2. The smallest absolute Gasteiger partial charge is 0.222 e. The first-order valence-corrected chi connectivity index (χ1v) is 6.65. The van der Waals surface area contributed by atoms with Gasteiger partial charge in [0.15, 0.2) is 0 Å². The number of fused-ring (bicyclic) bond motifs is 1. The lowest BCUT2D eigenvalue weighted by Gasteiger charge is -2.16. The molecular weight excluding hydrogens is 222 g/mol. The summed E-state index contributed by atoms with van der Waals surface area (Å²) in [4.78, 5) is 4.56. The fourth-order valence-corrected chi connectivity index (χ4v) is 2.32. The molecule has 0 aliphatic heterocycles. The summed E-state index contributed by atoms with van der Waals surface area (Å²) in [5.41, 5.74) is 2.23. The average Bonchev–Trinajstić information content (AvgIpc) is 2.28. The molecule has 0 aliphatic carbocycles. The van der Waals surface area contributed by atoms with Gasteiger partial charge in [-0.2, -0.15) is 0 Å². The van der Waals surface area contributed by atoms with E-state index in [1.54, 1.807) is 0 Å². The van der Waals surface area contributed by atoms with Crippen LogP contribution in [0.15, 0.2) is 24.3 Å². The van der Waals surface area contributed by atoms with Crippen LogP contribution in [0.1, 0.15) is 37.9 Å². The van der Waals surface area contributed by atoms with Gasteiger partial charge >= 0.3 is 0 Å². The van der Waals surface area contributed by atoms with Crippen molar-refractivity contribution in [2.24, 2.45) is 0 Å². The Morgan fingerprint density at radius 3 is 2.78 bits per heavy atom. The van der Waals surface area contributed by atoms with E-state index < -0.39 is 0 Å². The summed E-state index contributed by atoms with van der Waals surface area (Å²) in [7, 11) is 0. The van der Waals surface area contributed by atoms with E-state index in [2.05, 4.69) is 50.0 Å². The molecule has 1 atom stereocenters. The molecule has 0 saturated heterocycles. The number of ether oxygens (including phenoxy) is 1. The van der Waals surface area contributed by atoms with Crippen LogP contribution in [0, 0.1) is 13.8 Å². The van der Waals surface area contributed by atoms with E-state index in [0.717, 1.165) is 29.8 Å². The lowest BCUT2D eigenvalue weighted by Crippen LogP contribution is -2.12. The molecule has 18 heavy (non-hydrogen) atoms. The summed E-state index contributed by atoms with van der Waals surface area (Å²) in [6.45, 7) is 8.40. The third kappa shape index (κ3) is 2.63. The van der Waals surface area contributed by atoms with Gasteiger partial charge < -0.3 is 4.74 Å². The Hall–Kier alpha value is -1.57. The van der Waals surface area contributed by atoms with Gasteiger partial charge in [-0.25, -0.2) is 4.98 Å². The van der Waals surface area contributed by atoms with E-state index in [1.807, 2.05) is 6.92 Å². The van der Waals surface area contributed by atoms with Crippen LogP contribution < -0.4 is 4.74 Å². The molecule has 96 valence electrons. The first-order valence-electron chi connectivity index (χ1n) is 6.65. The Bertz CT molecular complexity index is 548. The second-order valence-electron chi connectivity index (χ2n) is 4.96. The zero-order valence-electron chi connectivity index (χ0n) is 11.7. The maximum Gasteiger partial charge on any atom is 0.222 e. The van der Waals surface area contributed by atoms with Gasteiger partial charge in [-0.05, 0) is 44.2 Å². The number of benzene rings is 1. The summed E-state index contributed by atoms with van der Waals surface area (Å²) >= 11 is 0. The van der Waals surface area contributed by atoms with Crippen molar-refractivity contribution in [3.63, 3.8) is 0 Å². The van der Waals surface area contributed by atoms with Gasteiger partial charge in [-0.1, -0.05) is 31.5 Å². The summed E-state index contributed by atoms with van der Waals surface area (Å²) in [5, 5.41) is 2.35. The fourth-order valence-electron chi connectivity index (χ4n) is 2.32. The standard InChI is InChI=1S/C16H21NO/c1-5-7-13(4)18-16-15-11(2)8-6-9-14(15)10-12(3)17-16/h6,8-10,13H,5,7H2,1-4H3. The molecule has 0 N–H and O–H groups in total. The monoisotopic (exact) mass is 243 g/mol. The minimum atomic E-state index is 0.215. The van der Waals surface area contributed by atoms with E-state index >= 15 is 0 Å². The van der Waals surface area contributed by atoms with Crippen LogP contribution in [0.3, 0.4) is 0 Å². The summed E-state index contributed by atoms with van der Waals surface area (Å²) in [6, 6.07) is 8.42. The second kappa shape index (κ2) is 5.38. The molecule has 0 aliphatic rings. The van der Waals surface area contributed by atoms with Gasteiger partial charge in [0.25, 0.3) is 0 Å². The number of nitrogens with zero attached hydrogens (tertiary/aromatic N) is 1. The Balaban J connectivity index is 2.48. The lowest BCUT2D eigenvalue weighted by molar-refractivity contribution is 0.204. The van der Waals surface area contributed by atoms with Gasteiger partial charge in [0.2, 0.25) is 5.88 Å². The molecule has 0 bridgehead atoms. The van der Waals surface area contributed by atoms with Gasteiger partial charge in [0.1, 0.15) is 0 Å². The molecule has 1 unspecified atom stereocenters. The average molecular weight is 243 g/mol. The van der Waals surface area contributed by atoms with Gasteiger partial charge in [0, 0.05) is 11.1 Å². The SMILES string of the molecule is CCCC(C)Oc1nc(C)cc2cccc(C)c12. The van der Waals surface area contributed by atoms with Crippen molar-refractivity contribution in [1.29, 1.82) is 0 Å². The van der Waals surface area contributed by atoms with Crippen molar-refractivity contribution in [3.8, 4) is 5.88 Å². The Kier molecular flexibility index (Phi) is 3.85. The lowest BCUT2D eigenvalue weighted by atomic mass is 10.1. The van der Waals surface area contributed by atoms with Crippen molar-refractivity contribution in [3.05, 3.63) is 35.5 Å². The zero-order chi connectivity index (χ0) is 13.1. The molecule has 2 nitrogen and oxygen atoms in total. The van der Waals surface area contributed by atoms with Crippen LogP contribution in [0.4, 0.5) is 0 Å². The normalized spacial score (nSPS) is 12.7. The maximum atomic E-state index is 6.02. The largest absolute Gasteiger partial charge is 0.474 e. The molecular formula is C16H21NO. The van der Waals surface area contributed by atoms with Crippen LogP contribution in [-0.2, 0) is 0 Å². The van der Waals surface area contributed by atoms with Gasteiger partial charge in [-0.3, -0.25) is 0 Å². The van der Waals surface area contributed by atoms with Crippen molar-refractivity contribution in [1.82, 2.24) is 4.98 Å². The third-order valence-corrected chi connectivity index (χ3v) is 3.17. The molecule has 0 spiro atoms. The van der Waals surface area contributed by atoms with E-state index in [4.69, 9.17) is 4.74 Å². The molecule has 1 aromatic heterocycles. The zero-order valence-corrected chi connectivity index (χ0v) is 11.7. The molecule has 0 amide bonds. The van der Waals surface area contributed by atoms with Crippen LogP contribution in [0.5, 0.6) is 5.88 Å². The molecule has 2 aromatic rings. The Labute approximate surface area is 109 Å². The van der Waals surface area contributed by atoms with E-state index in [0.29, 0.717) is 0 Å². The summed E-state index contributed by atoms with van der Waals surface area (Å²) in [6.07, 6.45) is 2.40. The predicted molar refractivity (Wildman–Crippen MR) is 76.2 cm³/mol. The van der Waals surface area contributed by atoms with Gasteiger partial charge in [0.05, 0.1) is 6.10 Å². The number of aromatic nitrogens is 1. The summed E-state index contributed by atoms with van der Waals surface area (Å²) < 4.78 is 6.02. The Morgan fingerprint density at radius 1 is 1.28 bits per heavy atom.